The van der Waals surface area contributed by atoms with Gasteiger partial charge in [-0.15, -0.1) is 6.58 Å². The van der Waals surface area contributed by atoms with Crippen molar-refractivity contribution in [2.75, 3.05) is 10.8 Å². The van der Waals surface area contributed by atoms with Gasteiger partial charge in [0.2, 0.25) is 0 Å². The maximum absolute atomic E-state index is 13.4. The van der Waals surface area contributed by atoms with Crippen molar-refractivity contribution in [2.24, 2.45) is 0 Å². The molecule has 6 nitrogen and oxygen atoms in total. The quantitative estimate of drug-likeness (QED) is 0.454. The first-order valence-electron chi connectivity index (χ1n) is 6.91. The Morgan fingerprint density at radius 3 is 2.58 bits per heavy atom. The van der Waals surface area contributed by atoms with Crippen LogP contribution in [0.5, 0.6) is 0 Å². The van der Waals surface area contributed by atoms with Crippen molar-refractivity contribution in [3.05, 3.63) is 76.6 Å². The number of sulfonamides is 1. The number of nitro groups is 1. The number of benzene rings is 2. The van der Waals surface area contributed by atoms with Gasteiger partial charge in [-0.2, -0.15) is 0 Å². The summed E-state index contributed by atoms with van der Waals surface area (Å²) in [5, 5.41) is 11.0. The molecule has 0 spiro atoms. The maximum atomic E-state index is 13.4. The fourth-order valence-corrected chi connectivity index (χ4v) is 3.61. The SMILES string of the molecule is C=CCN(c1cccc(F)c1)S(=O)(=O)c1ccc(C)c([N+](=O)[O-])c1. The van der Waals surface area contributed by atoms with Gasteiger partial charge in [0.25, 0.3) is 15.7 Å². The van der Waals surface area contributed by atoms with Crippen LogP contribution in [0.15, 0.2) is 60.0 Å². The van der Waals surface area contributed by atoms with Crippen LogP contribution in [0.25, 0.3) is 0 Å². The Hall–Kier alpha value is -2.74. The van der Waals surface area contributed by atoms with Gasteiger partial charge in [-0.3, -0.25) is 14.4 Å². The smallest absolute Gasteiger partial charge is 0.262 e. The lowest BCUT2D eigenvalue weighted by Gasteiger charge is -2.23. The lowest BCUT2D eigenvalue weighted by Crippen LogP contribution is -2.31. The molecule has 0 radical (unpaired) electrons. The van der Waals surface area contributed by atoms with Crippen LogP contribution in [-0.4, -0.2) is 19.9 Å². The number of hydrogen-bond donors (Lipinski definition) is 0. The van der Waals surface area contributed by atoms with E-state index in [0.717, 1.165) is 16.4 Å². The number of aryl methyl sites for hydroxylation is 1. The second kappa shape index (κ2) is 6.79. The summed E-state index contributed by atoms with van der Waals surface area (Å²) in [6.45, 7) is 4.92. The number of nitrogens with zero attached hydrogens (tertiary/aromatic N) is 2. The monoisotopic (exact) mass is 350 g/mol. The highest BCUT2D eigenvalue weighted by molar-refractivity contribution is 7.92. The molecule has 0 amide bonds. The van der Waals surface area contributed by atoms with Crippen LogP contribution in [-0.2, 0) is 10.0 Å². The van der Waals surface area contributed by atoms with E-state index in [4.69, 9.17) is 0 Å². The van der Waals surface area contributed by atoms with Gasteiger partial charge in [-0.05, 0) is 31.2 Å². The summed E-state index contributed by atoms with van der Waals surface area (Å²) < 4.78 is 40.1. The van der Waals surface area contributed by atoms with E-state index >= 15 is 0 Å². The predicted molar refractivity (Wildman–Crippen MR) is 89.0 cm³/mol. The molecule has 0 aliphatic heterocycles. The molecule has 0 fully saturated rings. The van der Waals surface area contributed by atoms with E-state index in [0.29, 0.717) is 5.56 Å². The molecule has 0 aromatic heterocycles. The van der Waals surface area contributed by atoms with Crippen molar-refractivity contribution < 1.29 is 17.7 Å². The molecule has 0 N–H and O–H groups in total. The van der Waals surface area contributed by atoms with E-state index in [1.165, 1.54) is 43.3 Å². The average Bonchev–Trinajstić information content (AvgIpc) is 2.52. The van der Waals surface area contributed by atoms with Crippen molar-refractivity contribution in [1.82, 2.24) is 0 Å². The molecule has 0 atom stereocenters. The van der Waals surface area contributed by atoms with Crippen molar-refractivity contribution in [3.63, 3.8) is 0 Å². The topological polar surface area (TPSA) is 80.5 Å². The van der Waals surface area contributed by atoms with E-state index in [1.807, 2.05) is 0 Å². The highest BCUT2D eigenvalue weighted by atomic mass is 32.2. The number of halogens is 1. The van der Waals surface area contributed by atoms with Gasteiger partial charge < -0.3 is 0 Å². The number of rotatable bonds is 6. The lowest BCUT2D eigenvalue weighted by atomic mass is 10.2. The third-order valence-corrected chi connectivity index (χ3v) is 5.15. The van der Waals surface area contributed by atoms with E-state index in [-0.39, 0.29) is 22.8 Å². The predicted octanol–water partition coefficient (Wildman–Crippen LogP) is 3.42. The molecule has 2 rings (SSSR count). The zero-order valence-electron chi connectivity index (χ0n) is 12.8. The highest BCUT2D eigenvalue weighted by Crippen LogP contribution is 2.28. The largest absolute Gasteiger partial charge is 0.273 e. The minimum atomic E-state index is -4.11. The Kier molecular flexibility index (Phi) is 4.99. The number of nitro benzene ring substituents is 1. The Morgan fingerprint density at radius 2 is 2.00 bits per heavy atom. The summed E-state index contributed by atoms with van der Waals surface area (Å²) in [6.07, 6.45) is 1.35. The molecule has 0 saturated carbocycles. The Balaban J connectivity index is 2.59. The first-order chi connectivity index (χ1) is 11.3. The molecule has 0 unspecified atom stereocenters. The summed E-state index contributed by atoms with van der Waals surface area (Å²) in [6, 6.07) is 8.74. The summed E-state index contributed by atoms with van der Waals surface area (Å²) in [7, 11) is -4.11. The molecule has 0 aliphatic rings. The zero-order valence-corrected chi connectivity index (χ0v) is 13.7. The maximum Gasteiger partial charge on any atom is 0.273 e. The summed E-state index contributed by atoms with van der Waals surface area (Å²) >= 11 is 0. The third-order valence-electron chi connectivity index (χ3n) is 3.36. The van der Waals surface area contributed by atoms with Crippen molar-refractivity contribution in [3.8, 4) is 0 Å². The molecule has 0 heterocycles. The second-order valence-corrected chi connectivity index (χ2v) is 6.87. The number of anilines is 1. The van der Waals surface area contributed by atoms with Gasteiger partial charge in [0.05, 0.1) is 22.1 Å². The zero-order chi connectivity index (χ0) is 17.9. The van der Waals surface area contributed by atoms with Crippen LogP contribution in [0.1, 0.15) is 5.56 Å². The van der Waals surface area contributed by atoms with Gasteiger partial charge in [0.1, 0.15) is 5.82 Å². The van der Waals surface area contributed by atoms with Crippen molar-refractivity contribution in [1.29, 1.82) is 0 Å². The molecule has 2 aromatic rings. The molecule has 2 aromatic carbocycles. The van der Waals surface area contributed by atoms with Gasteiger partial charge in [0, 0.05) is 11.6 Å². The minimum absolute atomic E-state index is 0.104. The van der Waals surface area contributed by atoms with E-state index in [9.17, 15) is 22.9 Å². The average molecular weight is 350 g/mol. The van der Waals surface area contributed by atoms with Gasteiger partial charge in [-0.1, -0.05) is 18.2 Å². The van der Waals surface area contributed by atoms with Crippen LogP contribution in [0.4, 0.5) is 15.8 Å². The van der Waals surface area contributed by atoms with Gasteiger partial charge in [-0.25, -0.2) is 12.8 Å². The second-order valence-electron chi connectivity index (χ2n) is 5.01. The normalized spacial score (nSPS) is 11.1. The lowest BCUT2D eigenvalue weighted by molar-refractivity contribution is -0.385. The summed E-state index contributed by atoms with van der Waals surface area (Å²) in [5.74, 6) is -0.591. The van der Waals surface area contributed by atoms with Crippen LogP contribution < -0.4 is 4.31 Å². The molecule has 0 saturated heterocycles. The Bertz CT molecular complexity index is 897. The van der Waals surface area contributed by atoms with E-state index in [2.05, 4.69) is 6.58 Å². The Labute approximate surface area is 139 Å². The molecular weight excluding hydrogens is 335 g/mol. The van der Waals surface area contributed by atoms with E-state index in [1.54, 1.807) is 0 Å². The molecule has 0 bridgehead atoms. The first kappa shape index (κ1) is 17.6. The highest BCUT2D eigenvalue weighted by Gasteiger charge is 2.26. The molecular formula is C16H15FN2O4S. The van der Waals surface area contributed by atoms with E-state index < -0.39 is 20.8 Å². The summed E-state index contributed by atoms with van der Waals surface area (Å²) in [5.41, 5.74) is 0.159. The van der Waals surface area contributed by atoms with Gasteiger partial charge >= 0.3 is 0 Å². The molecule has 0 aliphatic carbocycles. The number of hydrogen-bond acceptors (Lipinski definition) is 4. The minimum Gasteiger partial charge on any atom is -0.262 e. The molecule has 126 valence electrons. The Morgan fingerprint density at radius 1 is 1.29 bits per heavy atom. The molecule has 24 heavy (non-hydrogen) atoms. The van der Waals surface area contributed by atoms with Crippen LogP contribution in [0.2, 0.25) is 0 Å². The fraction of sp³-hybridized carbons (Fsp3) is 0.125. The first-order valence-corrected chi connectivity index (χ1v) is 8.35. The standard InChI is InChI=1S/C16H15FN2O4S/c1-3-9-18(14-6-4-5-13(17)10-14)24(22,23)15-8-7-12(2)16(11-15)19(20)21/h3-8,10-11H,1,9H2,2H3. The third kappa shape index (κ3) is 3.43. The van der Waals surface area contributed by atoms with Crippen molar-refractivity contribution in [2.45, 2.75) is 11.8 Å². The van der Waals surface area contributed by atoms with Crippen molar-refractivity contribution >= 4 is 21.4 Å². The summed E-state index contributed by atoms with van der Waals surface area (Å²) in [4.78, 5) is 10.2. The van der Waals surface area contributed by atoms with Crippen LogP contribution >= 0.6 is 0 Å². The van der Waals surface area contributed by atoms with Gasteiger partial charge in [0.15, 0.2) is 0 Å². The van der Waals surface area contributed by atoms with Crippen LogP contribution in [0, 0.1) is 22.9 Å². The van der Waals surface area contributed by atoms with Crippen LogP contribution in [0.3, 0.4) is 0 Å². The fourth-order valence-electron chi connectivity index (χ4n) is 2.16. The molecule has 8 heteroatoms.